The first kappa shape index (κ1) is 13.7. The van der Waals surface area contributed by atoms with Gasteiger partial charge in [-0.3, -0.25) is 0 Å². The summed E-state index contributed by atoms with van der Waals surface area (Å²) in [5, 5.41) is 0. The third-order valence-electron chi connectivity index (χ3n) is 2.12. The predicted molar refractivity (Wildman–Crippen MR) is 64.9 cm³/mol. The second-order valence-electron chi connectivity index (χ2n) is 3.49. The lowest BCUT2D eigenvalue weighted by atomic mass is 10.2. The maximum absolute atomic E-state index is 11.5. The van der Waals surface area contributed by atoms with Crippen LogP contribution in [0.3, 0.4) is 0 Å². The molecule has 0 saturated carbocycles. The quantitative estimate of drug-likeness (QED) is 0.811. The van der Waals surface area contributed by atoms with Crippen LogP contribution in [0.4, 0.5) is 4.79 Å². The van der Waals surface area contributed by atoms with Crippen LogP contribution in [0.2, 0.25) is 0 Å². The van der Waals surface area contributed by atoms with Gasteiger partial charge in [-0.15, -0.1) is 0 Å². The van der Waals surface area contributed by atoms with Crippen LogP contribution in [0.15, 0.2) is 30.3 Å². The molecule has 0 bridgehead atoms. The molecule has 5 nitrogen and oxygen atoms in total. The number of hydrogen-bond donors (Lipinski definition) is 1. The lowest BCUT2D eigenvalue weighted by molar-refractivity contribution is 0.106. The summed E-state index contributed by atoms with van der Waals surface area (Å²) in [6.45, 7) is 0.392. The second-order valence-corrected chi connectivity index (χ2v) is 4.54. The van der Waals surface area contributed by atoms with E-state index in [1.54, 1.807) is 0 Å². The molecule has 0 fully saturated rings. The minimum atomic E-state index is -1.89. The standard InChI is InChI=1S/C11H15NO4S/c1-12(7-8-17(14)15)11(13)16-9-10-5-3-2-4-6-10/h2-6H,7-9H2,1H3,(H,14,15). The molecular formula is C11H15NO4S. The van der Waals surface area contributed by atoms with E-state index in [1.807, 2.05) is 30.3 Å². The van der Waals surface area contributed by atoms with Crippen molar-refractivity contribution >= 4 is 17.2 Å². The van der Waals surface area contributed by atoms with Crippen molar-refractivity contribution < 1.29 is 18.3 Å². The highest BCUT2D eigenvalue weighted by Crippen LogP contribution is 2.02. The maximum atomic E-state index is 11.5. The molecule has 0 aliphatic carbocycles. The van der Waals surface area contributed by atoms with Crippen molar-refractivity contribution in [2.75, 3.05) is 19.3 Å². The van der Waals surface area contributed by atoms with Crippen LogP contribution in [0, 0.1) is 0 Å². The monoisotopic (exact) mass is 257 g/mol. The lowest BCUT2D eigenvalue weighted by Gasteiger charge is -2.15. The van der Waals surface area contributed by atoms with Gasteiger partial charge in [-0.05, 0) is 5.56 Å². The van der Waals surface area contributed by atoms with Gasteiger partial charge in [0.25, 0.3) is 0 Å². The smallest absolute Gasteiger partial charge is 0.409 e. The fourth-order valence-corrected chi connectivity index (χ4v) is 1.57. The Morgan fingerprint density at radius 3 is 2.65 bits per heavy atom. The van der Waals surface area contributed by atoms with Gasteiger partial charge in [-0.2, -0.15) is 0 Å². The van der Waals surface area contributed by atoms with E-state index in [1.165, 1.54) is 11.9 Å². The number of rotatable bonds is 5. The molecule has 0 radical (unpaired) electrons. The molecule has 1 N–H and O–H groups in total. The van der Waals surface area contributed by atoms with E-state index in [0.29, 0.717) is 0 Å². The predicted octanol–water partition coefficient (Wildman–Crippen LogP) is 1.48. The van der Waals surface area contributed by atoms with Crippen molar-refractivity contribution in [3.05, 3.63) is 35.9 Å². The van der Waals surface area contributed by atoms with Crippen molar-refractivity contribution in [2.45, 2.75) is 6.61 Å². The Morgan fingerprint density at radius 1 is 1.41 bits per heavy atom. The molecule has 6 heteroatoms. The molecule has 1 amide bonds. The summed E-state index contributed by atoms with van der Waals surface area (Å²) in [7, 11) is 1.53. The normalized spacial score (nSPS) is 11.9. The van der Waals surface area contributed by atoms with E-state index in [2.05, 4.69) is 0 Å². The van der Waals surface area contributed by atoms with Gasteiger partial charge in [0, 0.05) is 13.6 Å². The molecule has 0 saturated heterocycles. The van der Waals surface area contributed by atoms with Gasteiger partial charge in [-0.25, -0.2) is 9.00 Å². The van der Waals surface area contributed by atoms with Crippen molar-refractivity contribution in [3.8, 4) is 0 Å². The molecular weight excluding hydrogens is 242 g/mol. The topological polar surface area (TPSA) is 66.8 Å². The van der Waals surface area contributed by atoms with Gasteiger partial charge >= 0.3 is 6.09 Å². The first-order valence-corrected chi connectivity index (χ1v) is 6.36. The summed E-state index contributed by atoms with van der Waals surface area (Å²) in [4.78, 5) is 12.7. The van der Waals surface area contributed by atoms with Gasteiger partial charge in [0.05, 0.1) is 5.75 Å². The summed E-state index contributed by atoms with van der Waals surface area (Å²) in [5.74, 6) is 0.0247. The Morgan fingerprint density at radius 2 is 2.06 bits per heavy atom. The summed E-state index contributed by atoms with van der Waals surface area (Å²) < 4.78 is 24.1. The molecule has 0 aliphatic rings. The fourth-order valence-electron chi connectivity index (χ4n) is 1.14. The number of benzene rings is 1. The van der Waals surface area contributed by atoms with Gasteiger partial charge in [0.15, 0.2) is 11.1 Å². The van der Waals surface area contributed by atoms with Crippen LogP contribution in [0.1, 0.15) is 5.56 Å². The van der Waals surface area contributed by atoms with Crippen molar-refractivity contribution in [3.63, 3.8) is 0 Å². The number of carbonyl (C=O) groups excluding carboxylic acids is 1. The van der Waals surface area contributed by atoms with Crippen molar-refractivity contribution in [1.82, 2.24) is 4.90 Å². The summed E-state index contributed by atoms with van der Waals surface area (Å²) in [5.41, 5.74) is 0.903. The first-order valence-electron chi connectivity index (χ1n) is 5.09. The summed E-state index contributed by atoms with van der Waals surface area (Å²) >= 11 is -1.89. The number of amides is 1. The van der Waals surface area contributed by atoms with Gasteiger partial charge < -0.3 is 14.2 Å². The number of hydrogen-bond acceptors (Lipinski definition) is 3. The zero-order valence-electron chi connectivity index (χ0n) is 9.54. The number of carbonyl (C=O) groups is 1. The van der Waals surface area contributed by atoms with E-state index in [4.69, 9.17) is 9.29 Å². The number of nitrogens with zero attached hydrogens (tertiary/aromatic N) is 1. The molecule has 0 aromatic heterocycles. The Labute approximate surface area is 103 Å². The SMILES string of the molecule is CN(CCS(=O)O)C(=O)OCc1ccccc1. The molecule has 1 unspecified atom stereocenters. The zero-order chi connectivity index (χ0) is 12.7. The maximum Gasteiger partial charge on any atom is 0.409 e. The highest BCUT2D eigenvalue weighted by molar-refractivity contribution is 7.79. The average Bonchev–Trinajstić information content (AvgIpc) is 2.34. The zero-order valence-corrected chi connectivity index (χ0v) is 10.4. The third-order valence-corrected chi connectivity index (χ3v) is 2.65. The van der Waals surface area contributed by atoms with E-state index >= 15 is 0 Å². The Balaban J connectivity index is 2.32. The molecule has 1 atom stereocenters. The molecule has 17 heavy (non-hydrogen) atoms. The van der Waals surface area contributed by atoms with Crippen LogP contribution < -0.4 is 0 Å². The molecule has 1 aromatic rings. The Hall–Kier alpha value is -1.40. The van der Waals surface area contributed by atoms with E-state index in [-0.39, 0.29) is 18.9 Å². The molecule has 1 rings (SSSR count). The van der Waals surface area contributed by atoms with Gasteiger partial charge in [-0.1, -0.05) is 30.3 Å². The van der Waals surface area contributed by atoms with Crippen LogP contribution >= 0.6 is 0 Å². The first-order chi connectivity index (χ1) is 8.09. The van der Waals surface area contributed by atoms with E-state index in [0.717, 1.165) is 5.56 Å². The van der Waals surface area contributed by atoms with Gasteiger partial charge in [0.1, 0.15) is 6.61 Å². The van der Waals surface area contributed by atoms with Gasteiger partial charge in [0.2, 0.25) is 0 Å². The second kappa shape index (κ2) is 7.03. The van der Waals surface area contributed by atoms with Crippen LogP contribution in [0.5, 0.6) is 0 Å². The lowest BCUT2D eigenvalue weighted by Crippen LogP contribution is -2.30. The fraction of sp³-hybridized carbons (Fsp3) is 0.364. The molecule has 0 spiro atoms. The molecule has 0 heterocycles. The van der Waals surface area contributed by atoms with Crippen LogP contribution in [-0.4, -0.2) is 39.1 Å². The number of ether oxygens (including phenoxy) is 1. The van der Waals surface area contributed by atoms with Crippen molar-refractivity contribution in [2.24, 2.45) is 0 Å². The average molecular weight is 257 g/mol. The van der Waals surface area contributed by atoms with Crippen molar-refractivity contribution in [1.29, 1.82) is 0 Å². The largest absolute Gasteiger partial charge is 0.445 e. The summed E-state index contributed by atoms with van der Waals surface area (Å²) in [6.07, 6.45) is -0.501. The molecule has 0 aliphatic heterocycles. The molecule has 94 valence electrons. The van der Waals surface area contributed by atoms with Crippen LogP contribution in [0.25, 0.3) is 0 Å². The minimum Gasteiger partial charge on any atom is -0.445 e. The molecule has 1 aromatic carbocycles. The summed E-state index contributed by atoms with van der Waals surface area (Å²) in [6, 6.07) is 9.32. The van der Waals surface area contributed by atoms with E-state index in [9.17, 15) is 9.00 Å². The van der Waals surface area contributed by atoms with E-state index < -0.39 is 17.2 Å². The third kappa shape index (κ3) is 5.46. The highest BCUT2D eigenvalue weighted by atomic mass is 32.2. The minimum absolute atomic E-state index is 0.0247. The Kier molecular flexibility index (Phi) is 5.65. The highest BCUT2D eigenvalue weighted by Gasteiger charge is 2.10. The van der Waals surface area contributed by atoms with Crippen LogP contribution in [-0.2, 0) is 22.4 Å². The Bertz CT molecular complexity index is 382.